The molecular weight excluding hydrogens is 594 g/mol. The van der Waals surface area contributed by atoms with Crippen molar-refractivity contribution in [3.05, 3.63) is 24.5 Å². The summed E-state index contributed by atoms with van der Waals surface area (Å²) in [4.78, 5) is 15.4. The van der Waals surface area contributed by atoms with E-state index in [1.165, 1.54) is 10.2 Å². The number of pyridine rings is 1. The van der Waals surface area contributed by atoms with Gasteiger partial charge < -0.3 is 4.90 Å². The molecule has 4 nitrogen and oxygen atoms in total. The van der Waals surface area contributed by atoms with Crippen LogP contribution >= 0.6 is 6.79 Å². The number of carbonyl (C=O) groups excluding carboxylic acids is 1. The van der Waals surface area contributed by atoms with Gasteiger partial charge in [-0.15, -0.1) is 0 Å². The van der Waals surface area contributed by atoms with Crippen molar-refractivity contribution in [1.82, 2.24) is 0 Å². The van der Waals surface area contributed by atoms with E-state index in [0.717, 1.165) is 0 Å². The molecule has 0 amide bonds. The SMILES string of the molecule is CC(=O)O[P-](F)(F)(C(F)(F)C(F)(F)F)(C(F)(F)C(F)(F)F)C(F)(F)C(F)(F)F.CN(C)c1cc[nH+]cc1. The second kappa shape index (κ2) is 8.86. The van der Waals surface area contributed by atoms with Gasteiger partial charge in [-0.25, -0.2) is 4.98 Å². The molecule has 0 bridgehead atoms. The number of aromatic nitrogens is 1. The number of H-pyrrole nitrogens is 1. The number of rotatable bonds is 5. The fourth-order valence-electron chi connectivity index (χ4n) is 2.49. The van der Waals surface area contributed by atoms with Crippen LogP contribution in [0.2, 0.25) is 0 Å². The molecule has 0 saturated heterocycles. The number of aromatic amines is 1. The van der Waals surface area contributed by atoms with E-state index in [4.69, 9.17) is 0 Å². The van der Waals surface area contributed by atoms with Crippen LogP contribution < -0.4 is 9.88 Å². The van der Waals surface area contributed by atoms with Gasteiger partial charge in [0.15, 0.2) is 12.4 Å². The first kappa shape index (κ1) is 34.7. The maximum atomic E-state index is 14.6. The van der Waals surface area contributed by atoms with Crippen molar-refractivity contribution in [3.8, 4) is 0 Å². The number of hydrogen-bond acceptors (Lipinski definition) is 3. The number of nitrogens with one attached hydrogen (secondary N) is 1. The summed E-state index contributed by atoms with van der Waals surface area (Å²) in [6.45, 7) is -15.5. The number of alkyl halides is 15. The van der Waals surface area contributed by atoms with Crippen molar-refractivity contribution < 1.29 is 88.6 Å². The summed E-state index contributed by atoms with van der Waals surface area (Å²) in [6.07, 6.45) is -22.0. The summed E-state index contributed by atoms with van der Waals surface area (Å²) in [5.41, 5.74) is -27.4. The third-order valence-corrected chi connectivity index (χ3v) is 9.47. The van der Waals surface area contributed by atoms with Crippen LogP contribution in [0.25, 0.3) is 0 Å². The number of nitrogens with zero attached hydrogens (tertiary/aromatic N) is 1. The van der Waals surface area contributed by atoms with Gasteiger partial charge >= 0.3 is 139 Å². The molecule has 220 valence electrons. The van der Waals surface area contributed by atoms with Crippen LogP contribution in [-0.2, 0) is 9.32 Å². The van der Waals surface area contributed by atoms with Crippen molar-refractivity contribution in [3.63, 3.8) is 0 Å². The van der Waals surface area contributed by atoms with Gasteiger partial charge in [0, 0.05) is 31.9 Å². The van der Waals surface area contributed by atoms with Crippen LogP contribution in [0.1, 0.15) is 6.92 Å². The summed E-state index contributed by atoms with van der Waals surface area (Å²) in [6, 6.07) is 4.06. The summed E-state index contributed by atoms with van der Waals surface area (Å²) in [7, 11) is 4.05. The van der Waals surface area contributed by atoms with Crippen molar-refractivity contribution in [1.29, 1.82) is 0 Å². The smallest absolute Gasteiger partial charge is 0.169 e. The minimum absolute atomic E-state index is 0.977. The molecule has 1 aromatic rings. The van der Waals surface area contributed by atoms with Crippen molar-refractivity contribution in [2.45, 2.75) is 42.4 Å². The van der Waals surface area contributed by atoms with Crippen LogP contribution in [-0.4, -0.2) is 55.6 Å². The first-order valence-corrected chi connectivity index (χ1v) is 11.0. The minimum Gasteiger partial charge on any atom is -0.377 e. The van der Waals surface area contributed by atoms with E-state index in [-0.39, 0.29) is 0 Å². The van der Waals surface area contributed by atoms with Gasteiger partial charge in [0.2, 0.25) is 0 Å². The molecule has 0 saturated carbocycles. The number of anilines is 1. The van der Waals surface area contributed by atoms with Gasteiger partial charge in [-0.05, 0) is 0 Å². The van der Waals surface area contributed by atoms with Crippen LogP contribution in [0, 0.1) is 0 Å². The molecule has 0 aromatic carbocycles. The summed E-state index contributed by atoms with van der Waals surface area (Å²) < 4.78 is 222. The molecule has 0 atom stereocenters. The normalized spacial score (nSPS) is 16.1. The van der Waals surface area contributed by atoms with Gasteiger partial charge in [-0.1, -0.05) is 0 Å². The van der Waals surface area contributed by atoms with Gasteiger partial charge in [-0.3, -0.25) is 0 Å². The Morgan fingerprint density at radius 1 is 0.703 bits per heavy atom. The third-order valence-electron chi connectivity index (χ3n) is 4.40. The fourth-order valence-corrected chi connectivity index (χ4v) is 6.12. The largest absolute Gasteiger partial charge is 0.377 e. The Hall–Kier alpha value is -2.34. The van der Waals surface area contributed by atoms with E-state index < -0.39 is 55.2 Å². The van der Waals surface area contributed by atoms with Crippen molar-refractivity contribution in [2.24, 2.45) is 0 Å². The number of halogens is 17. The van der Waals surface area contributed by atoms with Gasteiger partial charge in [0.1, 0.15) is 0 Å². The Bertz CT molecular complexity index is 909. The second-order valence-corrected chi connectivity index (χ2v) is 11.7. The first-order chi connectivity index (χ1) is 15.8. The summed E-state index contributed by atoms with van der Waals surface area (Å²) >= 11 is 0. The zero-order chi connectivity index (χ0) is 30.4. The van der Waals surface area contributed by atoms with Crippen molar-refractivity contribution in [2.75, 3.05) is 19.0 Å². The molecule has 0 spiro atoms. The summed E-state index contributed by atoms with van der Waals surface area (Å²) in [5.74, 6) is -3.85. The number of carbonyl (C=O) groups is 1. The van der Waals surface area contributed by atoms with E-state index in [0.29, 0.717) is 0 Å². The molecule has 0 aliphatic carbocycles. The Labute approximate surface area is 194 Å². The Kier molecular flexibility index (Phi) is 8.30. The molecule has 1 rings (SSSR count). The molecule has 1 aromatic heterocycles. The van der Waals surface area contributed by atoms with E-state index in [1.54, 1.807) is 0 Å². The van der Waals surface area contributed by atoms with Crippen LogP contribution in [0.4, 0.5) is 79.9 Å². The minimum atomic E-state index is -14.5. The molecule has 0 unspecified atom stereocenters. The Morgan fingerprint density at radius 2 is 0.973 bits per heavy atom. The molecule has 0 fully saturated rings. The quantitative estimate of drug-likeness (QED) is 0.260. The van der Waals surface area contributed by atoms with Crippen molar-refractivity contribution >= 4 is 18.4 Å². The van der Waals surface area contributed by atoms with E-state index >= 15 is 0 Å². The molecule has 37 heavy (non-hydrogen) atoms. The fraction of sp³-hybridized carbons (Fsp3) is 0.600. The molecular formula is C15H14F17N2O2P. The van der Waals surface area contributed by atoms with E-state index in [2.05, 4.69) is 9.88 Å². The van der Waals surface area contributed by atoms with Gasteiger partial charge in [0.25, 0.3) is 0 Å². The molecule has 1 heterocycles. The predicted molar refractivity (Wildman–Crippen MR) is 91.2 cm³/mol. The molecule has 22 heteroatoms. The summed E-state index contributed by atoms with van der Waals surface area (Å²) in [5, 5.41) is 0. The van der Waals surface area contributed by atoms with Gasteiger partial charge in [0.05, 0.1) is 0 Å². The maximum Gasteiger partial charge on any atom is 0.169 e. The first-order valence-electron chi connectivity index (χ1n) is 8.62. The monoisotopic (exact) mass is 608 g/mol. The predicted octanol–water partition coefficient (Wildman–Crippen LogP) is 7.35. The molecule has 0 radical (unpaired) electrons. The Morgan fingerprint density at radius 3 is 1.14 bits per heavy atom. The van der Waals surface area contributed by atoms with E-state index in [1.807, 2.05) is 38.6 Å². The molecule has 1 N–H and O–H groups in total. The third kappa shape index (κ3) is 4.29. The van der Waals surface area contributed by atoms with Crippen LogP contribution in [0.3, 0.4) is 0 Å². The zero-order valence-corrected chi connectivity index (χ0v) is 18.8. The van der Waals surface area contributed by atoms with Crippen LogP contribution in [0.15, 0.2) is 24.5 Å². The molecule has 0 aliphatic heterocycles. The van der Waals surface area contributed by atoms with E-state index in [9.17, 15) is 79.0 Å². The average Bonchev–Trinajstić information content (AvgIpc) is 2.65. The second-order valence-electron chi connectivity index (χ2n) is 7.17. The topological polar surface area (TPSA) is 43.7 Å². The number of hydrogen-bond donors (Lipinski definition) is 0. The zero-order valence-electron chi connectivity index (χ0n) is 17.9. The molecule has 0 aliphatic rings. The maximum absolute atomic E-state index is 14.6. The van der Waals surface area contributed by atoms with Gasteiger partial charge in [-0.2, -0.15) is 0 Å². The van der Waals surface area contributed by atoms with Crippen LogP contribution in [0.5, 0.6) is 0 Å². The average molecular weight is 608 g/mol. The standard InChI is InChI=1S/C8H3F17O2P.C7H10N2/c1-2(26)27-28(24,25,6(18,19)3(9,10)11,7(20,21)4(12,13)14)8(22,23)5(15,16)17;1-9(2)7-3-5-8-6-4-7/h1H3;3-6H,1-2H3/q-1;/p+1. The Balaban J connectivity index is 0.00000120.